The van der Waals surface area contributed by atoms with Gasteiger partial charge in [0.05, 0.1) is 20.8 Å². The highest BCUT2D eigenvalue weighted by Crippen LogP contribution is 2.15. The van der Waals surface area contributed by atoms with Crippen LogP contribution in [0.4, 0.5) is 9.59 Å². The summed E-state index contributed by atoms with van der Waals surface area (Å²) in [6.07, 6.45) is 4.98. The molecule has 0 saturated heterocycles. The van der Waals surface area contributed by atoms with E-state index in [1.165, 1.54) is 22.7 Å². The predicted octanol–water partition coefficient (Wildman–Crippen LogP) is 5.76. The van der Waals surface area contributed by atoms with Crippen LogP contribution >= 0.6 is 22.7 Å². The van der Waals surface area contributed by atoms with Gasteiger partial charge >= 0.3 is 12.2 Å². The summed E-state index contributed by atoms with van der Waals surface area (Å²) in [7, 11) is 0. The van der Waals surface area contributed by atoms with Crippen molar-refractivity contribution in [1.29, 1.82) is 0 Å². The van der Waals surface area contributed by atoms with Gasteiger partial charge in [-0.25, -0.2) is 9.59 Å². The van der Waals surface area contributed by atoms with Crippen LogP contribution in [0.2, 0.25) is 0 Å². The molecule has 2 aromatic carbocycles. The fourth-order valence-electron chi connectivity index (χ4n) is 3.97. The molecule has 0 bridgehead atoms. The first kappa shape index (κ1) is 27.3. The number of alkyl carbamates (subject to hydrolysis) is 2. The molecular weight excluding hydrogens is 520 g/mol. The van der Waals surface area contributed by atoms with Crippen LogP contribution < -0.4 is 10.6 Å². The van der Waals surface area contributed by atoms with Crippen molar-refractivity contribution in [3.63, 3.8) is 0 Å². The monoisotopic (exact) mass is 550 g/mol. The lowest BCUT2D eigenvalue weighted by Gasteiger charge is -2.23. The number of amides is 2. The first-order chi connectivity index (χ1) is 18.6. The molecule has 4 aromatic rings. The fourth-order valence-corrected chi connectivity index (χ4v) is 4.98. The minimum absolute atomic E-state index is 0.179. The third kappa shape index (κ3) is 9.60. The van der Waals surface area contributed by atoms with Gasteiger partial charge in [0.25, 0.3) is 0 Å². The summed E-state index contributed by atoms with van der Waals surface area (Å²) in [6.45, 7) is 0.358. The van der Waals surface area contributed by atoms with Gasteiger partial charge in [0.2, 0.25) is 0 Å². The first-order valence-electron chi connectivity index (χ1n) is 12.3. The SMILES string of the molecule is O=C(N[C@H](CC[C@@H](Cc1ccccc1)NC(=O)OCc1cncs1)Cc1ccccc1)OCc1cncs1. The Bertz CT molecular complexity index is 1120. The van der Waals surface area contributed by atoms with Crippen LogP contribution in [0.15, 0.2) is 84.1 Å². The van der Waals surface area contributed by atoms with Gasteiger partial charge in [-0.15, -0.1) is 22.7 Å². The van der Waals surface area contributed by atoms with Crippen molar-refractivity contribution < 1.29 is 19.1 Å². The molecule has 0 radical (unpaired) electrons. The molecule has 0 fully saturated rings. The lowest BCUT2D eigenvalue weighted by molar-refractivity contribution is 0.132. The molecule has 198 valence electrons. The normalized spacial score (nSPS) is 12.3. The highest BCUT2D eigenvalue weighted by atomic mass is 32.1. The average molecular weight is 551 g/mol. The largest absolute Gasteiger partial charge is 0.444 e. The minimum atomic E-state index is -0.476. The highest BCUT2D eigenvalue weighted by molar-refractivity contribution is 7.09. The van der Waals surface area contributed by atoms with E-state index in [1.807, 2.05) is 60.7 Å². The number of rotatable bonds is 13. The van der Waals surface area contributed by atoms with Gasteiger partial charge in [0.1, 0.15) is 13.2 Å². The molecule has 4 rings (SSSR count). The van der Waals surface area contributed by atoms with Crippen molar-refractivity contribution in [2.24, 2.45) is 0 Å². The molecule has 0 unspecified atom stereocenters. The van der Waals surface area contributed by atoms with Crippen LogP contribution in [0.25, 0.3) is 0 Å². The lowest BCUT2D eigenvalue weighted by atomic mass is 9.96. The maximum atomic E-state index is 12.6. The zero-order valence-corrected chi connectivity index (χ0v) is 22.5. The van der Waals surface area contributed by atoms with Crippen LogP contribution in [0.1, 0.15) is 33.7 Å². The number of ether oxygens (including phenoxy) is 2. The van der Waals surface area contributed by atoms with E-state index in [-0.39, 0.29) is 25.3 Å². The molecule has 2 N–H and O–H groups in total. The molecule has 8 nitrogen and oxygen atoms in total. The van der Waals surface area contributed by atoms with Gasteiger partial charge in [-0.05, 0) is 36.8 Å². The van der Waals surface area contributed by atoms with Crippen molar-refractivity contribution in [2.75, 3.05) is 0 Å². The average Bonchev–Trinajstić information content (AvgIpc) is 3.65. The molecular formula is C28H30N4O4S2. The zero-order chi connectivity index (χ0) is 26.4. The predicted molar refractivity (Wildman–Crippen MR) is 148 cm³/mol. The number of nitrogens with zero attached hydrogens (tertiary/aromatic N) is 2. The molecule has 2 amide bonds. The quantitative estimate of drug-likeness (QED) is 0.220. The molecule has 0 saturated carbocycles. The summed E-state index contributed by atoms with van der Waals surface area (Å²) in [4.78, 5) is 35.0. The van der Waals surface area contributed by atoms with Crippen LogP contribution in [0, 0.1) is 0 Å². The van der Waals surface area contributed by atoms with Gasteiger partial charge < -0.3 is 20.1 Å². The number of nitrogens with one attached hydrogen (secondary N) is 2. The Kier molecular flexibility index (Phi) is 10.7. The number of hydrogen-bond acceptors (Lipinski definition) is 8. The Labute approximate surface area is 230 Å². The topological polar surface area (TPSA) is 102 Å². The van der Waals surface area contributed by atoms with E-state index in [2.05, 4.69) is 20.6 Å². The maximum absolute atomic E-state index is 12.6. The number of thiazole rings is 2. The Morgan fingerprint density at radius 1 is 0.684 bits per heavy atom. The van der Waals surface area contributed by atoms with Gasteiger partial charge in [0.15, 0.2) is 0 Å². The smallest absolute Gasteiger partial charge is 0.407 e. The van der Waals surface area contributed by atoms with Gasteiger partial charge in [0, 0.05) is 24.5 Å². The third-order valence-corrected chi connectivity index (χ3v) is 7.32. The van der Waals surface area contributed by atoms with E-state index in [0.29, 0.717) is 25.7 Å². The second kappa shape index (κ2) is 14.8. The molecule has 10 heteroatoms. The zero-order valence-electron chi connectivity index (χ0n) is 20.8. The summed E-state index contributed by atoms with van der Waals surface area (Å²) in [5.74, 6) is 0. The number of hydrogen-bond donors (Lipinski definition) is 2. The number of carbonyl (C=O) groups excluding carboxylic acids is 2. The Morgan fingerprint density at radius 2 is 1.11 bits per heavy atom. The van der Waals surface area contributed by atoms with E-state index in [0.717, 1.165) is 20.9 Å². The molecule has 2 aromatic heterocycles. The number of carbonyl (C=O) groups is 2. The molecule has 2 atom stereocenters. The molecule has 0 aliphatic rings. The van der Waals surface area contributed by atoms with E-state index >= 15 is 0 Å². The van der Waals surface area contributed by atoms with Crippen LogP contribution in [-0.2, 0) is 35.5 Å². The standard InChI is InChI=1S/C28H30N4O4S2/c33-27(35-17-25-15-29-19-37-25)31-23(13-21-7-3-1-4-8-21)11-12-24(14-22-9-5-2-6-10-22)32-28(34)36-18-26-16-30-20-38-26/h1-10,15-16,19-20,23-24H,11-14,17-18H2,(H,31,33)(H,32,34)/t23-,24+. The lowest BCUT2D eigenvalue weighted by Crippen LogP contribution is -2.41. The molecule has 38 heavy (non-hydrogen) atoms. The van der Waals surface area contributed by atoms with Crippen LogP contribution in [0.3, 0.4) is 0 Å². The Morgan fingerprint density at radius 3 is 1.47 bits per heavy atom. The van der Waals surface area contributed by atoms with Crippen molar-refractivity contribution in [1.82, 2.24) is 20.6 Å². The van der Waals surface area contributed by atoms with Crippen molar-refractivity contribution >= 4 is 34.9 Å². The maximum Gasteiger partial charge on any atom is 0.407 e. The van der Waals surface area contributed by atoms with Gasteiger partial charge in [-0.2, -0.15) is 0 Å². The van der Waals surface area contributed by atoms with Crippen LogP contribution in [0.5, 0.6) is 0 Å². The van der Waals surface area contributed by atoms with Crippen molar-refractivity contribution in [3.05, 3.63) is 105 Å². The summed E-state index contributed by atoms with van der Waals surface area (Å²) in [6, 6.07) is 19.6. The van der Waals surface area contributed by atoms with Crippen molar-refractivity contribution in [2.45, 2.75) is 51.0 Å². The fraction of sp³-hybridized carbons (Fsp3) is 0.286. The molecule has 2 heterocycles. The second-order valence-corrected chi connectivity index (χ2v) is 10.7. The Hall–Kier alpha value is -3.76. The van der Waals surface area contributed by atoms with E-state index in [4.69, 9.17) is 9.47 Å². The van der Waals surface area contributed by atoms with Crippen LogP contribution in [-0.4, -0.2) is 34.2 Å². The molecule has 0 spiro atoms. The summed E-state index contributed by atoms with van der Waals surface area (Å²) < 4.78 is 10.8. The minimum Gasteiger partial charge on any atom is -0.444 e. The second-order valence-electron chi connectivity index (χ2n) is 8.73. The first-order valence-corrected chi connectivity index (χ1v) is 14.1. The Balaban J connectivity index is 1.38. The number of benzene rings is 2. The molecule has 0 aliphatic carbocycles. The highest BCUT2D eigenvalue weighted by Gasteiger charge is 2.20. The van der Waals surface area contributed by atoms with Crippen molar-refractivity contribution in [3.8, 4) is 0 Å². The van der Waals surface area contributed by atoms with E-state index in [1.54, 1.807) is 23.4 Å². The van der Waals surface area contributed by atoms with E-state index < -0.39 is 12.2 Å². The van der Waals surface area contributed by atoms with E-state index in [9.17, 15) is 9.59 Å². The van der Waals surface area contributed by atoms with Gasteiger partial charge in [-0.1, -0.05) is 60.7 Å². The summed E-state index contributed by atoms with van der Waals surface area (Å²) >= 11 is 2.88. The summed E-state index contributed by atoms with van der Waals surface area (Å²) in [5.41, 5.74) is 5.63. The third-order valence-electron chi connectivity index (χ3n) is 5.82. The summed E-state index contributed by atoms with van der Waals surface area (Å²) in [5, 5.41) is 6.04. The number of aromatic nitrogens is 2. The van der Waals surface area contributed by atoms with Gasteiger partial charge in [-0.3, -0.25) is 9.97 Å². The molecule has 0 aliphatic heterocycles.